The predicted octanol–water partition coefficient (Wildman–Crippen LogP) is 3.24. The van der Waals surface area contributed by atoms with E-state index in [1.807, 2.05) is 6.07 Å². The molecule has 0 radical (unpaired) electrons. The lowest BCUT2D eigenvalue weighted by Gasteiger charge is -2.25. The largest absolute Gasteiger partial charge is 0.493 e. The second-order valence-corrected chi connectivity index (χ2v) is 6.08. The lowest BCUT2D eigenvalue weighted by atomic mass is 9.79. The number of ether oxygens (including phenoxy) is 2. The van der Waals surface area contributed by atoms with Crippen LogP contribution in [-0.4, -0.2) is 24.4 Å². The van der Waals surface area contributed by atoms with E-state index in [1.165, 1.54) is 23.2 Å². The predicted molar refractivity (Wildman–Crippen MR) is 82.3 cm³/mol. The SMILES string of the molecule is COc1ccc(C(C)(C)c2n[nH]c3c2CCC3)cc1OC. The molecule has 1 aliphatic carbocycles. The summed E-state index contributed by atoms with van der Waals surface area (Å²) < 4.78 is 10.8. The highest BCUT2D eigenvalue weighted by molar-refractivity contribution is 5.49. The lowest BCUT2D eigenvalue weighted by Crippen LogP contribution is -2.21. The summed E-state index contributed by atoms with van der Waals surface area (Å²) in [5, 5.41) is 7.79. The standard InChI is InChI=1S/C17H22N2O2/c1-17(2,16-12-6-5-7-13(12)18-19-16)11-8-9-14(20-3)15(10-11)21-4/h8-10H,5-7H2,1-4H3,(H,18,19). The Balaban J connectivity index is 2.05. The zero-order valence-corrected chi connectivity index (χ0v) is 13.1. The van der Waals surface area contributed by atoms with E-state index in [1.54, 1.807) is 14.2 Å². The Hall–Kier alpha value is -1.97. The summed E-state index contributed by atoms with van der Waals surface area (Å²) in [5.41, 5.74) is 4.88. The van der Waals surface area contributed by atoms with E-state index in [4.69, 9.17) is 9.47 Å². The number of hydrogen-bond acceptors (Lipinski definition) is 3. The monoisotopic (exact) mass is 286 g/mol. The molecule has 0 bridgehead atoms. The van der Waals surface area contributed by atoms with E-state index >= 15 is 0 Å². The van der Waals surface area contributed by atoms with Crippen LogP contribution in [0.2, 0.25) is 0 Å². The second-order valence-electron chi connectivity index (χ2n) is 6.08. The molecule has 0 unspecified atom stereocenters. The Morgan fingerprint density at radius 1 is 1.10 bits per heavy atom. The van der Waals surface area contributed by atoms with Gasteiger partial charge < -0.3 is 9.47 Å². The highest BCUT2D eigenvalue weighted by Crippen LogP contribution is 2.39. The van der Waals surface area contributed by atoms with Crippen molar-refractivity contribution in [1.29, 1.82) is 0 Å². The molecule has 1 aromatic heterocycles. The van der Waals surface area contributed by atoms with Crippen LogP contribution < -0.4 is 9.47 Å². The van der Waals surface area contributed by atoms with Gasteiger partial charge in [-0.3, -0.25) is 5.10 Å². The first-order valence-corrected chi connectivity index (χ1v) is 7.37. The molecule has 0 fully saturated rings. The van der Waals surface area contributed by atoms with Gasteiger partial charge in [-0.1, -0.05) is 19.9 Å². The van der Waals surface area contributed by atoms with Crippen molar-refractivity contribution in [2.24, 2.45) is 0 Å². The summed E-state index contributed by atoms with van der Waals surface area (Å²) in [7, 11) is 3.32. The van der Waals surface area contributed by atoms with Gasteiger partial charge >= 0.3 is 0 Å². The van der Waals surface area contributed by atoms with Gasteiger partial charge in [0.05, 0.1) is 19.9 Å². The van der Waals surface area contributed by atoms with Crippen LogP contribution in [0.1, 0.15) is 42.8 Å². The number of aromatic nitrogens is 2. The molecule has 0 aliphatic heterocycles. The van der Waals surface area contributed by atoms with Crippen molar-refractivity contribution in [1.82, 2.24) is 10.2 Å². The quantitative estimate of drug-likeness (QED) is 0.938. The summed E-state index contributed by atoms with van der Waals surface area (Å²) in [6.45, 7) is 4.42. The smallest absolute Gasteiger partial charge is 0.161 e. The molecule has 112 valence electrons. The van der Waals surface area contributed by atoms with E-state index in [0.29, 0.717) is 0 Å². The first-order chi connectivity index (χ1) is 10.1. The van der Waals surface area contributed by atoms with Crippen molar-refractivity contribution in [3.63, 3.8) is 0 Å². The molecule has 1 N–H and O–H groups in total. The van der Waals surface area contributed by atoms with E-state index in [-0.39, 0.29) is 5.41 Å². The van der Waals surface area contributed by atoms with Crippen LogP contribution in [-0.2, 0) is 18.3 Å². The number of nitrogens with zero attached hydrogens (tertiary/aromatic N) is 1. The molecule has 1 heterocycles. The number of fused-ring (bicyclic) bond motifs is 1. The maximum absolute atomic E-state index is 5.43. The molecular formula is C17H22N2O2. The molecule has 0 spiro atoms. The van der Waals surface area contributed by atoms with Gasteiger partial charge in [-0.2, -0.15) is 5.10 Å². The minimum Gasteiger partial charge on any atom is -0.493 e. The average Bonchev–Trinajstić information content (AvgIpc) is 3.09. The van der Waals surface area contributed by atoms with Gasteiger partial charge in [-0.25, -0.2) is 0 Å². The molecule has 0 saturated heterocycles. The van der Waals surface area contributed by atoms with Gasteiger partial charge in [0.25, 0.3) is 0 Å². The Morgan fingerprint density at radius 3 is 2.57 bits per heavy atom. The number of aromatic amines is 1. The number of benzene rings is 1. The van der Waals surface area contributed by atoms with Gasteiger partial charge in [0.1, 0.15) is 0 Å². The summed E-state index contributed by atoms with van der Waals surface area (Å²) >= 11 is 0. The van der Waals surface area contributed by atoms with Crippen molar-refractivity contribution in [2.75, 3.05) is 14.2 Å². The molecule has 0 atom stereocenters. The number of aryl methyl sites for hydroxylation is 1. The van der Waals surface area contributed by atoms with Crippen LogP contribution in [0.25, 0.3) is 0 Å². The molecule has 4 nitrogen and oxygen atoms in total. The third-order valence-electron chi connectivity index (χ3n) is 4.50. The first kappa shape index (κ1) is 14.0. The van der Waals surface area contributed by atoms with Crippen molar-refractivity contribution in [3.8, 4) is 11.5 Å². The second kappa shape index (κ2) is 5.10. The van der Waals surface area contributed by atoms with Crippen molar-refractivity contribution >= 4 is 0 Å². The van der Waals surface area contributed by atoms with Crippen LogP contribution >= 0.6 is 0 Å². The Labute approximate surface area is 125 Å². The first-order valence-electron chi connectivity index (χ1n) is 7.37. The summed E-state index contributed by atoms with van der Waals surface area (Å²) in [6.07, 6.45) is 3.46. The number of nitrogens with one attached hydrogen (secondary N) is 1. The summed E-state index contributed by atoms with van der Waals surface area (Å²) in [5.74, 6) is 1.51. The molecule has 2 aromatic rings. The Kier molecular flexibility index (Phi) is 3.40. The van der Waals surface area contributed by atoms with Gasteiger partial charge in [-0.05, 0) is 42.5 Å². The van der Waals surface area contributed by atoms with Crippen molar-refractivity contribution < 1.29 is 9.47 Å². The number of methoxy groups -OCH3 is 2. The maximum atomic E-state index is 5.43. The van der Waals surface area contributed by atoms with Crippen LogP contribution in [0.4, 0.5) is 0 Å². The van der Waals surface area contributed by atoms with Crippen LogP contribution in [0.15, 0.2) is 18.2 Å². The molecule has 0 amide bonds. The minimum atomic E-state index is -0.159. The fourth-order valence-corrected chi connectivity index (χ4v) is 3.20. The Morgan fingerprint density at radius 2 is 1.86 bits per heavy atom. The van der Waals surface area contributed by atoms with Gasteiger partial charge in [0, 0.05) is 11.1 Å². The summed E-state index contributed by atoms with van der Waals surface area (Å²) in [6, 6.07) is 6.11. The average molecular weight is 286 g/mol. The van der Waals surface area contributed by atoms with Gasteiger partial charge in [-0.15, -0.1) is 0 Å². The number of rotatable bonds is 4. The van der Waals surface area contributed by atoms with Crippen LogP contribution in [0, 0.1) is 0 Å². The fourth-order valence-electron chi connectivity index (χ4n) is 3.20. The maximum Gasteiger partial charge on any atom is 0.161 e. The molecule has 1 aromatic carbocycles. The number of hydrogen-bond donors (Lipinski definition) is 1. The molecule has 4 heteroatoms. The van der Waals surface area contributed by atoms with Gasteiger partial charge in [0.15, 0.2) is 11.5 Å². The number of H-pyrrole nitrogens is 1. The zero-order chi connectivity index (χ0) is 15.0. The third kappa shape index (κ3) is 2.19. The normalized spacial score (nSPS) is 14.1. The molecule has 3 rings (SSSR count). The van der Waals surface area contributed by atoms with E-state index in [0.717, 1.165) is 30.0 Å². The minimum absolute atomic E-state index is 0.159. The topological polar surface area (TPSA) is 47.1 Å². The van der Waals surface area contributed by atoms with Crippen LogP contribution in [0.3, 0.4) is 0 Å². The van der Waals surface area contributed by atoms with Crippen molar-refractivity contribution in [3.05, 3.63) is 40.7 Å². The zero-order valence-electron chi connectivity index (χ0n) is 13.1. The van der Waals surface area contributed by atoms with E-state index in [9.17, 15) is 0 Å². The highest BCUT2D eigenvalue weighted by atomic mass is 16.5. The lowest BCUT2D eigenvalue weighted by molar-refractivity contribution is 0.353. The molecule has 21 heavy (non-hydrogen) atoms. The summed E-state index contributed by atoms with van der Waals surface area (Å²) in [4.78, 5) is 0. The van der Waals surface area contributed by atoms with E-state index < -0.39 is 0 Å². The Bertz CT molecular complexity index is 659. The van der Waals surface area contributed by atoms with Gasteiger partial charge in [0.2, 0.25) is 0 Å². The third-order valence-corrected chi connectivity index (χ3v) is 4.50. The van der Waals surface area contributed by atoms with Crippen molar-refractivity contribution in [2.45, 2.75) is 38.5 Å². The van der Waals surface area contributed by atoms with Crippen LogP contribution in [0.5, 0.6) is 11.5 Å². The van der Waals surface area contributed by atoms with E-state index in [2.05, 4.69) is 36.2 Å². The molecule has 0 saturated carbocycles. The molecular weight excluding hydrogens is 264 g/mol. The highest BCUT2D eigenvalue weighted by Gasteiger charge is 2.32. The fraction of sp³-hybridized carbons (Fsp3) is 0.471. The molecule has 1 aliphatic rings.